The van der Waals surface area contributed by atoms with Crippen LogP contribution in [0.1, 0.15) is 15.2 Å². The number of anilines is 1. The fourth-order valence-corrected chi connectivity index (χ4v) is 2.47. The van der Waals surface area contributed by atoms with Crippen molar-refractivity contribution in [1.82, 2.24) is 0 Å². The molecule has 1 aromatic heterocycles. The van der Waals surface area contributed by atoms with Crippen LogP contribution >= 0.6 is 34.5 Å². The zero-order valence-electron chi connectivity index (χ0n) is 8.74. The van der Waals surface area contributed by atoms with Crippen molar-refractivity contribution in [3.8, 4) is 0 Å². The van der Waals surface area contributed by atoms with Crippen LogP contribution in [0.5, 0.6) is 0 Å². The molecule has 0 aliphatic heterocycles. The SMILES string of the molecule is O=C(Nc1cccc(CCl)c1)c1ccc(Cl)s1. The molecule has 1 amide bonds. The summed E-state index contributed by atoms with van der Waals surface area (Å²) in [6, 6.07) is 10.8. The molecular weight excluding hydrogens is 277 g/mol. The summed E-state index contributed by atoms with van der Waals surface area (Å²) >= 11 is 12.8. The molecule has 2 nitrogen and oxygen atoms in total. The predicted octanol–water partition coefficient (Wildman–Crippen LogP) is 4.39. The van der Waals surface area contributed by atoms with Gasteiger partial charge < -0.3 is 5.32 Å². The Morgan fingerprint density at radius 2 is 2.12 bits per heavy atom. The maximum atomic E-state index is 11.8. The summed E-state index contributed by atoms with van der Waals surface area (Å²) < 4.78 is 0.602. The zero-order chi connectivity index (χ0) is 12.3. The van der Waals surface area contributed by atoms with Gasteiger partial charge in [-0.2, -0.15) is 0 Å². The number of thiophene rings is 1. The Labute approximate surface area is 113 Å². The third-order valence-corrected chi connectivity index (χ3v) is 3.67. The molecule has 0 spiro atoms. The summed E-state index contributed by atoms with van der Waals surface area (Å²) in [5.74, 6) is 0.266. The number of benzene rings is 1. The van der Waals surface area contributed by atoms with E-state index in [9.17, 15) is 4.79 Å². The Balaban J connectivity index is 2.12. The summed E-state index contributed by atoms with van der Waals surface area (Å²) in [7, 11) is 0. The second kappa shape index (κ2) is 5.54. The number of amides is 1. The van der Waals surface area contributed by atoms with Crippen molar-refractivity contribution in [1.29, 1.82) is 0 Å². The van der Waals surface area contributed by atoms with Crippen molar-refractivity contribution in [3.05, 3.63) is 51.2 Å². The first-order valence-electron chi connectivity index (χ1n) is 4.90. The molecule has 0 saturated carbocycles. The monoisotopic (exact) mass is 285 g/mol. The number of nitrogens with one attached hydrogen (secondary N) is 1. The first kappa shape index (κ1) is 12.4. The van der Waals surface area contributed by atoms with E-state index in [0.29, 0.717) is 15.1 Å². The van der Waals surface area contributed by atoms with Crippen molar-refractivity contribution in [2.24, 2.45) is 0 Å². The Hall–Kier alpha value is -1.03. The maximum Gasteiger partial charge on any atom is 0.265 e. The molecule has 1 heterocycles. The van der Waals surface area contributed by atoms with Crippen molar-refractivity contribution in [2.45, 2.75) is 5.88 Å². The fraction of sp³-hybridized carbons (Fsp3) is 0.0833. The average Bonchev–Trinajstić information content (AvgIpc) is 2.76. The molecule has 1 N–H and O–H groups in total. The van der Waals surface area contributed by atoms with E-state index < -0.39 is 0 Å². The average molecular weight is 286 g/mol. The highest BCUT2D eigenvalue weighted by atomic mass is 35.5. The van der Waals surface area contributed by atoms with Gasteiger partial charge in [0.2, 0.25) is 0 Å². The molecule has 88 valence electrons. The first-order valence-corrected chi connectivity index (χ1v) is 6.63. The normalized spacial score (nSPS) is 10.2. The molecule has 0 fully saturated rings. The van der Waals surface area contributed by atoms with Crippen LogP contribution in [0.15, 0.2) is 36.4 Å². The van der Waals surface area contributed by atoms with Gasteiger partial charge in [-0.3, -0.25) is 4.79 Å². The minimum absolute atomic E-state index is 0.159. The van der Waals surface area contributed by atoms with E-state index in [1.54, 1.807) is 12.1 Å². The van der Waals surface area contributed by atoms with Crippen LogP contribution in [0.4, 0.5) is 5.69 Å². The molecular formula is C12H9Cl2NOS. The molecule has 2 rings (SSSR count). The molecule has 0 aliphatic rings. The van der Waals surface area contributed by atoms with Gasteiger partial charge in [0.25, 0.3) is 5.91 Å². The zero-order valence-corrected chi connectivity index (χ0v) is 11.1. The molecule has 5 heteroatoms. The molecule has 0 bridgehead atoms. The second-order valence-electron chi connectivity index (χ2n) is 3.39. The van der Waals surface area contributed by atoms with Crippen LogP contribution in [-0.2, 0) is 5.88 Å². The van der Waals surface area contributed by atoms with Gasteiger partial charge in [0, 0.05) is 11.6 Å². The van der Waals surface area contributed by atoms with E-state index in [1.165, 1.54) is 11.3 Å². The van der Waals surface area contributed by atoms with Crippen molar-refractivity contribution < 1.29 is 4.79 Å². The number of rotatable bonds is 3. The summed E-state index contributed by atoms with van der Waals surface area (Å²) in [5.41, 5.74) is 1.70. The standard InChI is InChI=1S/C12H9Cl2NOS/c13-7-8-2-1-3-9(6-8)15-12(16)10-4-5-11(14)17-10/h1-6H,7H2,(H,15,16). The Morgan fingerprint density at radius 1 is 1.29 bits per heavy atom. The number of alkyl halides is 1. The van der Waals surface area contributed by atoms with Gasteiger partial charge in [-0.1, -0.05) is 23.7 Å². The first-order chi connectivity index (χ1) is 8.19. The summed E-state index contributed by atoms with van der Waals surface area (Å²) in [6.45, 7) is 0. The minimum Gasteiger partial charge on any atom is -0.321 e. The van der Waals surface area contributed by atoms with Crippen LogP contribution in [0, 0.1) is 0 Å². The topological polar surface area (TPSA) is 29.1 Å². The molecule has 0 radical (unpaired) electrons. The number of hydrogen-bond acceptors (Lipinski definition) is 2. The molecule has 2 aromatic rings. The number of halogens is 2. The van der Waals surface area contributed by atoms with Crippen LogP contribution in [0.25, 0.3) is 0 Å². The Morgan fingerprint density at radius 3 is 2.76 bits per heavy atom. The second-order valence-corrected chi connectivity index (χ2v) is 5.37. The van der Waals surface area contributed by atoms with E-state index >= 15 is 0 Å². The van der Waals surface area contributed by atoms with Gasteiger partial charge >= 0.3 is 0 Å². The molecule has 0 aliphatic carbocycles. The molecule has 1 aromatic carbocycles. The summed E-state index contributed by atoms with van der Waals surface area (Å²) in [6.07, 6.45) is 0. The highest BCUT2D eigenvalue weighted by molar-refractivity contribution is 7.18. The summed E-state index contributed by atoms with van der Waals surface area (Å²) in [4.78, 5) is 12.4. The quantitative estimate of drug-likeness (QED) is 0.833. The highest BCUT2D eigenvalue weighted by Crippen LogP contribution is 2.22. The Bertz CT molecular complexity index is 539. The van der Waals surface area contributed by atoms with E-state index in [-0.39, 0.29) is 5.91 Å². The molecule has 0 unspecified atom stereocenters. The van der Waals surface area contributed by atoms with Crippen molar-refractivity contribution in [3.63, 3.8) is 0 Å². The molecule has 17 heavy (non-hydrogen) atoms. The van der Waals surface area contributed by atoms with Gasteiger partial charge in [-0.15, -0.1) is 22.9 Å². The van der Waals surface area contributed by atoms with Gasteiger partial charge in [-0.05, 0) is 29.8 Å². The van der Waals surface area contributed by atoms with Crippen molar-refractivity contribution >= 4 is 46.1 Å². The van der Waals surface area contributed by atoms with Crippen LogP contribution in [-0.4, -0.2) is 5.91 Å². The van der Waals surface area contributed by atoms with Gasteiger partial charge in [-0.25, -0.2) is 0 Å². The van der Waals surface area contributed by atoms with E-state index in [2.05, 4.69) is 5.32 Å². The lowest BCUT2D eigenvalue weighted by molar-refractivity contribution is 0.103. The summed E-state index contributed by atoms with van der Waals surface area (Å²) in [5, 5.41) is 2.80. The smallest absolute Gasteiger partial charge is 0.265 e. The van der Waals surface area contributed by atoms with Crippen molar-refractivity contribution in [2.75, 3.05) is 5.32 Å². The highest BCUT2D eigenvalue weighted by Gasteiger charge is 2.08. The van der Waals surface area contributed by atoms with Crippen LogP contribution in [0.2, 0.25) is 4.34 Å². The lowest BCUT2D eigenvalue weighted by Crippen LogP contribution is -2.10. The largest absolute Gasteiger partial charge is 0.321 e. The minimum atomic E-state index is -0.159. The lowest BCUT2D eigenvalue weighted by atomic mass is 10.2. The van der Waals surface area contributed by atoms with Crippen LogP contribution in [0.3, 0.4) is 0 Å². The van der Waals surface area contributed by atoms with Gasteiger partial charge in [0.05, 0.1) is 9.21 Å². The van der Waals surface area contributed by atoms with E-state index in [4.69, 9.17) is 23.2 Å². The maximum absolute atomic E-state index is 11.8. The lowest BCUT2D eigenvalue weighted by Gasteiger charge is -2.04. The van der Waals surface area contributed by atoms with E-state index in [1.807, 2.05) is 24.3 Å². The van der Waals surface area contributed by atoms with E-state index in [0.717, 1.165) is 11.3 Å². The predicted molar refractivity (Wildman–Crippen MR) is 73.3 cm³/mol. The third kappa shape index (κ3) is 3.22. The third-order valence-electron chi connectivity index (χ3n) is 2.14. The molecule has 0 saturated heterocycles. The van der Waals surface area contributed by atoms with Crippen LogP contribution < -0.4 is 5.32 Å². The molecule has 0 atom stereocenters. The number of carbonyl (C=O) groups excluding carboxylic acids is 1. The fourth-order valence-electron chi connectivity index (χ4n) is 1.36. The number of hydrogen-bond donors (Lipinski definition) is 1. The number of carbonyl (C=O) groups is 1. The van der Waals surface area contributed by atoms with Gasteiger partial charge in [0.15, 0.2) is 0 Å². The Kier molecular flexibility index (Phi) is 4.05. The van der Waals surface area contributed by atoms with Gasteiger partial charge in [0.1, 0.15) is 0 Å².